The number of amides is 3. The average molecular weight is 380 g/mol. The third-order valence-electron chi connectivity index (χ3n) is 5.17. The van der Waals surface area contributed by atoms with Gasteiger partial charge in [0.1, 0.15) is 11.3 Å². The van der Waals surface area contributed by atoms with Crippen LogP contribution in [0.3, 0.4) is 0 Å². The van der Waals surface area contributed by atoms with Gasteiger partial charge < -0.3 is 10.1 Å². The van der Waals surface area contributed by atoms with E-state index < -0.39 is 17.0 Å². The van der Waals surface area contributed by atoms with Gasteiger partial charge in [-0.15, -0.1) is 0 Å². The first kappa shape index (κ1) is 19.6. The van der Waals surface area contributed by atoms with Gasteiger partial charge in [-0.2, -0.15) is 0 Å². The van der Waals surface area contributed by atoms with Gasteiger partial charge in [0.2, 0.25) is 0 Å². The molecule has 0 saturated carbocycles. The minimum absolute atomic E-state index is 0.314. The SMILES string of the molecule is CC(C)(C(=O)Oc1ccc(CC[C@@]2(C)NC(=O)NC2=O)cc1)c1ccccc1. The molecule has 1 atom stereocenters. The van der Waals surface area contributed by atoms with E-state index in [4.69, 9.17) is 4.74 Å². The summed E-state index contributed by atoms with van der Waals surface area (Å²) in [5.41, 5.74) is 0.212. The Kier molecular flexibility index (Phi) is 5.23. The lowest BCUT2D eigenvalue weighted by Crippen LogP contribution is -2.43. The molecule has 3 amide bonds. The third kappa shape index (κ3) is 4.06. The summed E-state index contributed by atoms with van der Waals surface area (Å²) in [4.78, 5) is 35.8. The van der Waals surface area contributed by atoms with Crippen LogP contribution in [0.2, 0.25) is 0 Å². The average Bonchev–Trinajstić information content (AvgIpc) is 2.93. The molecular formula is C22H24N2O4. The number of aryl methyl sites for hydroxylation is 1. The molecule has 1 saturated heterocycles. The fourth-order valence-electron chi connectivity index (χ4n) is 3.08. The molecule has 1 aliphatic rings. The molecule has 6 nitrogen and oxygen atoms in total. The highest BCUT2D eigenvalue weighted by Crippen LogP contribution is 2.26. The summed E-state index contributed by atoms with van der Waals surface area (Å²) in [6.07, 6.45) is 1.08. The normalized spacial score (nSPS) is 19.1. The summed E-state index contributed by atoms with van der Waals surface area (Å²) in [6, 6.07) is 16.2. The predicted molar refractivity (Wildman–Crippen MR) is 105 cm³/mol. The van der Waals surface area contributed by atoms with E-state index >= 15 is 0 Å². The summed E-state index contributed by atoms with van der Waals surface area (Å²) in [6.45, 7) is 5.37. The molecular weight excluding hydrogens is 356 g/mol. The van der Waals surface area contributed by atoms with Crippen LogP contribution >= 0.6 is 0 Å². The van der Waals surface area contributed by atoms with E-state index in [2.05, 4.69) is 10.6 Å². The van der Waals surface area contributed by atoms with Gasteiger partial charge in [0.15, 0.2) is 0 Å². The number of hydrogen-bond acceptors (Lipinski definition) is 4. The highest BCUT2D eigenvalue weighted by molar-refractivity contribution is 6.06. The first-order valence-corrected chi connectivity index (χ1v) is 9.21. The topological polar surface area (TPSA) is 84.5 Å². The minimum Gasteiger partial charge on any atom is -0.426 e. The van der Waals surface area contributed by atoms with Crippen molar-refractivity contribution in [1.82, 2.24) is 10.6 Å². The molecule has 146 valence electrons. The van der Waals surface area contributed by atoms with Crippen molar-refractivity contribution in [2.45, 2.75) is 44.6 Å². The quantitative estimate of drug-likeness (QED) is 0.458. The largest absolute Gasteiger partial charge is 0.426 e. The second kappa shape index (κ2) is 7.46. The Balaban J connectivity index is 1.61. The molecule has 1 aliphatic heterocycles. The van der Waals surface area contributed by atoms with Crippen molar-refractivity contribution >= 4 is 17.9 Å². The molecule has 0 aliphatic carbocycles. The Morgan fingerprint density at radius 1 is 1.04 bits per heavy atom. The molecule has 1 fully saturated rings. The summed E-state index contributed by atoms with van der Waals surface area (Å²) in [5, 5.41) is 4.91. The van der Waals surface area contributed by atoms with Crippen molar-refractivity contribution in [3.8, 4) is 5.75 Å². The van der Waals surface area contributed by atoms with Crippen LogP contribution in [-0.4, -0.2) is 23.4 Å². The summed E-state index contributed by atoms with van der Waals surface area (Å²) < 4.78 is 5.56. The maximum atomic E-state index is 12.6. The van der Waals surface area contributed by atoms with Crippen molar-refractivity contribution < 1.29 is 19.1 Å². The van der Waals surface area contributed by atoms with E-state index in [0.29, 0.717) is 18.6 Å². The molecule has 2 aromatic rings. The van der Waals surface area contributed by atoms with Gasteiger partial charge in [-0.3, -0.25) is 14.9 Å². The monoisotopic (exact) mass is 380 g/mol. The fraction of sp³-hybridized carbons (Fsp3) is 0.318. The lowest BCUT2D eigenvalue weighted by molar-refractivity contribution is -0.139. The molecule has 0 bridgehead atoms. The molecule has 3 rings (SSSR count). The molecule has 6 heteroatoms. The van der Waals surface area contributed by atoms with E-state index in [0.717, 1.165) is 11.1 Å². The van der Waals surface area contributed by atoms with Gasteiger partial charge >= 0.3 is 12.0 Å². The zero-order chi connectivity index (χ0) is 20.4. The maximum absolute atomic E-state index is 12.6. The van der Waals surface area contributed by atoms with Gasteiger partial charge in [-0.1, -0.05) is 42.5 Å². The van der Waals surface area contributed by atoms with Crippen molar-refractivity contribution in [3.05, 3.63) is 65.7 Å². The summed E-state index contributed by atoms with van der Waals surface area (Å²) >= 11 is 0. The maximum Gasteiger partial charge on any atom is 0.322 e. The van der Waals surface area contributed by atoms with E-state index in [1.807, 2.05) is 56.3 Å². The van der Waals surface area contributed by atoms with Crippen molar-refractivity contribution in [2.75, 3.05) is 0 Å². The number of hydrogen-bond donors (Lipinski definition) is 2. The first-order valence-electron chi connectivity index (χ1n) is 9.21. The molecule has 2 aromatic carbocycles. The van der Waals surface area contributed by atoms with Crippen LogP contribution in [0.15, 0.2) is 54.6 Å². The van der Waals surface area contributed by atoms with Crippen LogP contribution in [-0.2, 0) is 21.4 Å². The number of nitrogens with one attached hydrogen (secondary N) is 2. The molecule has 0 unspecified atom stereocenters. The van der Waals surface area contributed by atoms with E-state index in [1.165, 1.54) is 0 Å². The van der Waals surface area contributed by atoms with Crippen LogP contribution in [0.1, 0.15) is 38.3 Å². The Labute approximate surface area is 164 Å². The number of carbonyl (C=O) groups is 3. The molecule has 0 aromatic heterocycles. The number of rotatable bonds is 6. The highest BCUT2D eigenvalue weighted by Gasteiger charge is 2.41. The van der Waals surface area contributed by atoms with Crippen LogP contribution in [0.4, 0.5) is 4.79 Å². The van der Waals surface area contributed by atoms with Gasteiger partial charge in [-0.25, -0.2) is 4.79 Å². The van der Waals surface area contributed by atoms with Gasteiger partial charge in [0.05, 0.1) is 5.41 Å². The standard InChI is InChI=1S/C22H24N2O4/c1-21(2,16-7-5-4-6-8-16)19(26)28-17-11-9-15(10-12-17)13-14-22(3)18(25)23-20(27)24-22/h4-12H,13-14H2,1-3H3,(H2,23,24,25,27)/t22-/m1/s1. The van der Waals surface area contributed by atoms with E-state index in [9.17, 15) is 14.4 Å². The lowest BCUT2D eigenvalue weighted by atomic mass is 9.85. The Morgan fingerprint density at radius 2 is 1.68 bits per heavy atom. The number of esters is 1. The number of carbonyl (C=O) groups excluding carboxylic acids is 3. The second-order valence-electron chi connectivity index (χ2n) is 7.76. The van der Waals surface area contributed by atoms with Crippen molar-refractivity contribution in [1.29, 1.82) is 0 Å². The van der Waals surface area contributed by atoms with Crippen molar-refractivity contribution in [2.24, 2.45) is 0 Å². The van der Waals surface area contributed by atoms with Crippen LogP contribution in [0.25, 0.3) is 0 Å². The minimum atomic E-state index is -0.901. The Hall–Kier alpha value is -3.15. The predicted octanol–water partition coefficient (Wildman–Crippen LogP) is 3.10. The van der Waals surface area contributed by atoms with Gasteiger partial charge in [0, 0.05) is 0 Å². The molecule has 0 spiro atoms. The van der Waals surface area contributed by atoms with E-state index in [1.54, 1.807) is 19.1 Å². The fourth-order valence-corrected chi connectivity index (χ4v) is 3.08. The van der Waals surface area contributed by atoms with Crippen LogP contribution in [0.5, 0.6) is 5.75 Å². The number of imide groups is 1. The number of benzene rings is 2. The summed E-state index contributed by atoms with van der Waals surface area (Å²) in [5.74, 6) is -0.175. The van der Waals surface area contributed by atoms with Crippen molar-refractivity contribution in [3.63, 3.8) is 0 Å². The van der Waals surface area contributed by atoms with E-state index in [-0.39, 0.29) is 11.9 Å². The van der Waals surface area contributed by atoms with Gasteiger partial charge in [-0.05, 0) is 56.9 Å². The third-order valence-corrected chi connectivity index (χ3v) is 5.17. The second-order valence-corrected chi connectivity index (χ2v) is 7.76. The van der Waals surface area contributed by atoms with Gasteiger partial charge in [0.25, 0.3) is 5.91 Å². The Bertz CT molecular complexity index is 891. The molecule has 28 heavy (non-hydrogen) atoms. The summed E-state index contributed by atoms with van der Waals surface area (Å²) in [7, 11) is 0. The van der Waals surface area contributed by atoms with Crippen LogP contribution in [0, 0.1) is 0 Å². The zero-order valence-corrected chi connectivity index (χ0v) is 16.2. The number of ether oxygens (including phenoxy) is 1. The molecule has 2 N–H and O–H groups in total. The van der Waals surface area contributed by atoms with Crippen LogP contribution < -0.4 is 15.4 Å². The lowest BCUT2D eigenvalue weighted by Gasteiger charge is -2.23. The smallest absolute Gasteiger partial charge is 0.322 e. The molecule has 1 heterocycles. The highest BCUT2D eigenvalue weighted by atomic mass is 16.5. The zero-order valence-electron chi connectivity index (χ0n) is 16.2. The number of urea groups is 1. The first-order chi connectivity index (χ1) is 13.2. The molecule has 0 radical (unpaired) electrons. The Morgan fingerprint density at radius 3 is 2.25 bits per heavy atom.